The highest BCUT2D eigenvalue weighted by Gasteiger charge is 1.93. The summed E-state index contributed by atoms with van der Waals surface area (Å²) in [4.78, 5) is 0. The molecule has 0 heterocycles. The molecule has 0 unspecified atom stereocenters. The highest BCUT2D eigenvalue weighted by molar-refractivity contribution is 6.45. The zero-order valence-corrected chi connectivity index (χ0v) is 6.39. The molecule has 1 aromatic rings. The van der Waals surface area contributed by atoms with Crippen LogP contribution in [0, 0.1) is 13.8 Å². The fraction of sp³-hybridized carbons (Fsp3) is 0.250. The lowest BCUT2D eigenvalue weighted by molar-refractivity contribution is 0.615. The van der Waals surface area contributed by atoms with Gasteiger partial charge in [0.1, 0.15) is 0 Å². The summed E-state index contributed by atoms with van der Waals surface area (Å²) in [7, 11) is 0.141. The van der Waals surface area contributed by atoms with Gasteiger partial charge in [0.2, 0.25) is 0 Å². The smallest absolute Gasteiger partial charge is 0.304 e. The minimum atomic E-state index is 0.141. The van der Waals surface area contributed by atoms with Crippen molar-refractivity contribution in [1.29, 1.82) is 0 Å². The quantitative estimate of drug-likeness (QED) is 0.546. The first-order chi connectivity index (χ1) is 4.72. The molecule has 2 heteroatoms. The molecule has 0 amide bonds. The van der Waals surface area contributed by atoms with Gasteiger partial charge in [-0.05, 0) is 13.8 Å². The monoisotopic (exact) mass is 134 g/mol. The summed E-state index contributed by atoms with van der Waals surface area (Å²) in [6.07, 6.45) is 0. The molecule has 0 aliphatic rings. The molecule has 0 aliphatic heterocycles. The molecule has 1 rings (SSSR count). The number of hydrogen-bond donors (Lipinski definition) is 1. The van der Waals surface area contributed by atoms with Crippen LogP contribution in [0.25, 0.3) is 0 Å². The number of benzene rings is 1. The predicted octanol–water partition coefficient (Wildman–Crippen LogP) is 0.273. The Morgan fingerprint density at radius 3 is 2.00 bits per heavy atom. The Morgan fingerprint density at radius 2 is 1.60 bits per heavy atom. The highest BCUT2D eigenvalue weighted by Crippen LogP contribution is 1.98. The fourth-order valence-corrected chi connectivity index (χ4v) is 1.16. The molecule has 0 aromatic heterocycles. The van der Waals surface area contributed by atoms with Crippen LogP contribution in [0.5, 0.6) is 0 Å². The topological polar surface area (TPSA) is 20.2 Å². The first-order valence-corrected chi connectivity index (χ1v) is 3.40. The highest BCUT2D eigenvalue weighted by atomic mass is 16.2. The Kier molecular flexibility index (Phi) is 2.12. The molecule has 1 nitrogen and oxygen atoms in total. The van der Waals surface area contributed by atoms with Gasteiger partial charge in [-0.25, -0.2) is 0 Å². The Balaban J connectivity index is 3.06. The van der Waals surface area contributed by atoms with Gasteiger partial charge < -0.3 is 5.02 Å². The molecule has 0 radical (unpaired) electrons. The maximum atomic E-state index is 8.79. The van der Waals surface area contributed by atoms with Crippen LogP contribution in [0.15, 0.2) is 18.2 Å². The van der Waals surface area contributed by atoms with Gasteiger partial charge in [0, 0.05) is 0 Å². The van der Waals surface area contributed by atoms with E-state index in [0.29, 0.717) is 0 Å². The molecular formula is C8H11BO. The summed E-state index contributed by atoms with van der Waals surface area (Å²) in [5, 5.41) is 8.79. The Bertz CT molecular complexity index is 212. The largest absolute Gasteiger partial charge is 0.449 e. The third kappa shape index (κ3) is 1.61. The van der Waals surface area contributed by atoms with Crippen molar-refractivity contribution in [3.8, 4) is 0 Å². The SMILES string of the molecule is Cc1cc(C)cc(BO)c1. The third-order valence-corrected chi connectivity index (χ3v) is 1.46. The van der Waals surface area contributed by atoms with Crippen LogP contribution in [0.2, 0.25) is 0 Å². The van der Waals surface area contributed by atoms with Crippen molar-refractivity contribution in [3.05, 3.63) is 29.3 Å². The van der Waals surface area contributed by atoms with E-state index in [4.69, 9.17) is 5.02 Å². The minimum absolute atomic E-state index is 0.141. The molecular weight excluding hydrogens is 123 g/mol. The van der Waals surface area contributed by atoms with E-state index in [1.807, 2.05) is 26.0 Å². The van der Waals surface area contributed by atoms with Gasteiger partial charge in [0.25, 0.3) is 0 Å². The standard InChI is InChI=1S/C8H11BO/c1-6-3-7(2)5-8(4-6)9-10/h3-5,9-10H,1-2H3. The second-order valence-corrected chi connectivity index (χ2v) is 2.65. The number of aryl methyl sites for hydroxylation is 2. The van der Waals surface area contributed by atoms with E-state index < -0.39 is 0 Å². The lowest BCUT2D eigenvalue weighted by Gasteiger charge is -1.98. The van der Waals surface area contributed by atoms with Gasteiger partial charge in [0.05, 0.1) is 0 Å². The lowest BCUT2D eigenvalue weighted by atomic mass is 9.86. The van der Waals surface area contributed by atoms with E-state index in [9.17, 15) is 0 Å². The molecule has 0 atom stereocenters. The maximum Gasteiger partial charge on any atom is 0.304 e. The van der Waals surface area contributed by atoms with Crippen molar-refractivity contribution < 1.29 is 5.02 Å². The summed E-state index contributed by atoms with van der Waals surface area (Å²) < 4.78 is 0. The van der Waals surface area contributed by atoms with Crippen LogP contribution < -0.4 is 5.46 Å². The van der Waals surface area contributed by atoms with Gasteiger partial charge >= 0.3 is 7.48 Å². The first kappa shape index (κ1) is 7.35. The van der Waals surface area contributed by atoms with E-state index in [2.05, 4.69) is 6.07 Å². The molecule has 0 spiro atoms. The average Bonchev–Trinajstić information content (AvgIpc) is 1.85. The van der Waals surface area contributed by atoms with Gasteiger partial charge in [-0.3, -0.25) is 0 Å². The van der Waals surface area contributed by atoms with Crippen molar-refractivity contribution in [3.63, 3.8) is 0 Å². The molecule has 0 fully saturated rings. The average molecular weight is 134 g/mol. The molecule has 1 N–H and O–H groups in total. The number of rotatable bonds is 1. The second kappa shape index (κ2) is 2.89. The molecule has 0 saturated carbocycles. The van der Waals surface area contributed by atoms with Crippen LogP contribution in [0.1, 0.15) is 11.1 Å². The molecule has 0 bridgehead atoms. The van der Waals surface area contributed by atoms with E-state index in [1.165, 1.54) is 11.1 Å². The van der Waals surface area contributed by atoms with Gasteiger partial charge in [-0.2, -0.15) is 0 Å². The number of hydrogen-bond acceptors (Lipinski definition) is 1. The summed E-state index contributed by atoms with van der Waals surface area (Å²) in [5.41, 5.74) is 3.42. The van der Waals surface area contributed by atoms with Crippen LogP contribution in [0.4, 0.5) is 0 Å². The minimum Gasteiger partial charge on any atom is -0.449 e. The Labute approximate surface area is 62.0 Å². The molecule has 10 heavy (non-hydrogen) atoms. The molecule has 0 aliphatic carbocycles. The zero-order valence-electron chi connectivity index (χ0n) is 6.39. The van der Waals surface area contributed by atoms with E-state index >= 15 is 0 Å². The van der Waals surface area contributed by atoms with Crippen LogP contribution >= 0.6 is 0 Å². The van der Waals surface area contributed by atoms with Gasteiger partial charge in [-0.15, -0.1) is 0 Å². The predicted molar refractivity (Wildman–Crippen MR) is 44.9 cm³/mol. The molecule has 52 valence electrons. The van der Waals surface area contributed by atoms with Crippen molar-refractivity contribution in [2.75, 3.05) is 0 Å². The van der Waals surface area contributed by atoms with Crippen molar-refractivity contribution in [2.45, 2.75) is 13.8 Å². The van der Waals surface area contributed by atoms with Crippen LogP contribution in [0.3, 0.4) is 0 Å². The first-order valence-electron chi connectivity index (χ1n) is 3.40. The van der Waals surface area contributed by atoms with Crippen molar-refractivity contribution in [2.24, 2.45) is 0 Å². The summed E-state index contributed by atoms with van der Waals surface area (Å²) in [6, 6.07) is 6.08. The van der Waals surface area contributed by atoms with E-state index in [0.717, 1.165) is 5.46 Å². The maximum absolute atomic E-state index is 8.79. The molecule has 1 aromatic carbocycles. The summed E-state index contributed by atoms with van der Waals surface area (Å²) in [6.45, 7) is 4.07. The van der Waals surface area contributed by atoms with Gasteiger partial charge in [0.15, 0.2) is 0 Å². The van der Waals surface area contributed by atoms with Gasteiger partial charge in [-0.1, -0.05) is 34.8 Å². The zero-order chi connectivity index (χ0) is 7.56. The third-order valence-electron chi connectivity index (χ3n) is 1.46. The summed E-state index contributed by atoms with van der Waals surface area (Å²) >= 11 is 0. The van der Waals surface area contributed by atoms with Crippen molar-refractivity contribution >= 4 is 12.9 Å². The van der Waals surface area contributed by atoms with E-state index in [1.54, 1.807) is 0 Å². The van der Waals surface area contributed by atoms with Crippen LogP contribution in [-0.4, -0.2) is 12.5 Å². The van der Waals surface area contributed by atoms with E-state index in [-0.39, 0.29) is 7.48 Å². The Morgan fingerprint density at radius 1 is 1.10 bits per heavy atom. The Hall–Kier alpha value is -0.755. The fourth-order valence-electron chi connectivity index (χ4n) is 1.16. The van der Waals surface area contributed by atoms with Crippen molar-refractivity contribution in [1.82, 2.24) is 0 Å². The normalized spacial score (nSPS) is 9.50. The lowest BCUT2D eigenvalue weighted by Crippen LogP contribution is -2.13. The van der Waals surface area contributed by atoms with Crippen LogP contribution in [-0.2, 0) is 0 Å². The summed E-state index contributed by atoms with van der Waals surface area (Å²) in [5.74, 6) is 0. The second-order valence-electron chi connectivity index (χ2n) is 2.65. The molecule has 0 saturated heterocycles.